The molecule has 2 heterocycles. The molecule has 1 atom stereocenters. The Bertz CT molecular complexity index is 853. The van der Waals surface area contributed by atoms with Crippen LogP contribution in [-0.4, -0.2) is 34.3 Å². The van der Waals surface area contributed by atoms with E-state index in [2.05, 4.69) is 17.2 Å². The van der Waals surface area contributed by atoms with E-state index in [-0.39, 0.29) is 17.9 Å². The summed E-state index contributed by atoms with van der Waals surface area (Å²) in [6.07, 6.45) is 5.62. The van der Waals surface area contributed by atoms with Gasteiger partial charge in [-0.15, -0.1) is 0 Å². The number of aromatic nitrogens is 1. The van der Waals surface area contributed by atoms with E-state index in [0.29, 0.717) is 22.0 Å². The lowest BCUT2D eigenvalue weighted by atomic mass is 9.99. The Morgan fingerprint density at radius 3 is 2.81 bits per heavy atom. The number of hydrogen-bond donors (Lipinski definition) is 1. The normalized spacial score (nSPS) is 16.9. The molecule has 3 rings (SSSR count). The van der Waals surface area contributed by atoms with E-state index < -0.39 is 0 Å². The molecule has 0 bridgehead atoms. The summed E-state index contributed by atoms with van der Waals surface area (Å²) in [7, 11) is 0. The van der Waals surface area contributed by atoms with E-state index in [1.165, 1.54) is 6.20 Å². The number of halogens is 1. The lowest BCUT2D eigenvalue weighted by Gasteiger charge is -2.35. The number of amides is 2. The Labute approximate surface area is 164 Å². The SMILES string of the molecule is CCC1CCCCN1C(=O)c1cc(C(=O)Nc2ccc(C)c(Cl)c2)ccn1. The van der Waals surface area contributed by atoms with Gasteiger partial charge in [-0.2, -0.15) is 0 Å². The second kappa shape index (κ2) is 8.53. The molecule has 1 aliphatic rings. The van der Waals surface area contributed by atoms with Gasteiger partial charge in [0.1, 0.15) is 5.69 Å². The number of aryl methyl sites for hydroxylation is 1. The van der Waals surface area contributed by atoms with Crippen LogP contribution < -0.4 is 5.32 Å². The van der Waals surface area contributed by atoms with Crippen molar-refractivity contribution in [3.05, 3.63) is 58.4 Å². The summed E-state index contributed by atoms with van der Waals surface area (Å²) < 4.78 is 0. The number of nitrogens with one attached hydrogen (secondary N) is 1. The zero-order chi connectivity index (χ0) is 19.4. The maximum Gasteiger partial charge on any atom is 0.272 e. The molecule has 1 aromatic heterocycles. The van der Waals surface area contributed by atoms with Gasteiger partial charge in [0, 0.05) is 35.1 Å². The number of nitrogens with zero attached hydrogens (tertiary/aromatic N) is 2. The van der Waals surface area contributed by atoms with Gasteiger partial charge in [0.05, 0.1) is 0 Å². The minimum atomic E-state index is -0.294. The number of carbonyl (C=O) groups excluding carboxylic acids is 2. The quantitative estimate of drug-likeness (QED) is 0.829. The first-order valence-electron chi connectivity index (χ1n) is 9.34. The number of piperidine rings is 1. The molecular weight excluding hydrogens is 362 g/mol. The van der Waals surface area contributed by atoms with Crippen molar-refractivity contribution in [2.75, 3.05) is 11.9 Å². The van der Waals surface area contributed by atoms with Gasteiger partial charge in [0.15, 0.2) is 0 Å². The number of pyridine rings is 1. The summed E-state index contributed by atoms with van der Waals surface area (Å²) in [5, 5.41) is 3.41. The van der Waals surface area contributed by atoms with Crippen molar-refractivity contribution in [1.29, 1.82) is 0 Å². The number of likely N-dealkylation sites (tertiary alicyclic amines) is 1. The standard InChI is InChI=1S/C21H24ClN3O2/c1-3-17-6-4-5-11-25(17)21(27)19-12-15(9-10-23-19)20(26)24-16-8-7-14(2)18(22)13-16/h7-10,12-13,17H,3-6,11H2,1-2H3,(H,24,26). The van der Waals surface area contributed by atoms with Gasteiger partial charge in [-0.05, 0) is 62.4 Å². The summed E-state index contributed by atoms with van der Waals surface area (Å²) in [4.78, 5) is 31.6. The van der Waals surface area contributed by atoms with E-state index >= 15 is 0 Å². The molecule has 1 fully saturated rings. The van der Waals surface area contributed by atoms with Crippen LogP contribution >= 0.6 is 11.6 Å². The smallest absolute Gasteiger partial charge is 0.272 e. The maximum absolute atomic E-state index is 12.9. The van der Waals surface area contributed by atoms with Crippen molar-refractivity contribution >= 4 is 29.1 Å². The number of benzene rings is 1. The number of carbonyl (C=O) groups is 2. The fourth-order valence-corrected chi connectivity index (χ4v) is 3.58. The lowest BCUT2D eigenvalue weighted by Crippen LogP contribution is -2.43. The topological polar surface area (TPSA) is 62.3 Å². The molecule has 6 heteroatoms. The third-order valence-electron chi connectivity index (χ3n) is 5.03. The van der Waals surface area contributed by atoms with Gasteiger partial charge in [0.25, 0.3) is 11.8 Å². The van der Waals surface area contributed by atoms with Gasteiger partial charge < -0.3 is 10.2 Å². The van der Waals surface area contributed by atoms with Crippen molar-refractivity contribution < 1.29 is 9.59 Å². The Hall–Kier alpha value is -2.40. The Balaban J connectivity index is 1.77. The highest BCUT2D eigenvalue weighted by molar-refractivity contribution is 6.31. The highest BCUT2D eigenvalue weighted by atomic mass is 35.5. The zero-order valence-electron chi connectivity index (χ0n) is 15.7. The number of rotatable bonds is 4. The second-order valence-electron chi connectivity index (χ2n) is 6.90. The van der Waals surface area contributed by atoms with Crippen LogP contribution in [0.3, 0.4) is 0 Å². The van der Waals surface area contributed by atoms with Crippen LogP contribution in [0.5, 0.6) is 0 Å². The minimum absolute atomic E-state index is 0.102. The monoisotopic (exact) mass is 385 g/mol. The molecule has 1 saturated heterocycles. The molecule has 1 N–H and O–H groups in total. The van der Waals surface area contributed by atoms with Crippen molar-refractivity contribution in [2.24, 2.45) is 0 Å². The lowest BCUT2D eigenvalue weighted by molar-refractivity contribution is 0.0602. The summed E-state index contributed by atoms with van der Waals surface area (Å²) in [6, 6.07) is 8.78. The molecule has 5 nitrogen and oxygen atoms in total. The Morgan fingerprint density at radius 1 is 1.26 bits per heavy atom. The molecular formula is C21H24ClN3O2. The van der Waals surface area contributed by atoms with Gasteiger partial charge >= 0.3 is 0 Å². The van der Waals surface area contributed by atoms with Crippen LogP contribution in [-0.2, 0) is 0 Å². The first-order chi connectivity index (χ1) is 13.0. The molecule has 1 aliphatic heterocycles. The van der Waals surface area contributed by atoms with Crippen LogP contribution in [0, 0.1) is 6.92 Å². The van der Waals surface area contributed by atoms with Gasteiger partial charge in [-0.1, -0.05) is 24.6 Å². The fourth-order valence-electron chi connectivity index (χ4n) is 3.40. The van der Waals surface area contributed by atoms with E-state index in [1.54, 1.807) is 24.3 Å². The largest absolute Gasteiger partial charge is 0.334 e. The van der Waals surface area contributed by atoms with Crippen LogP contribution in [0.1, 0.15) is 59.0 Å². The molecule has 2 amide bonds. The van der Waals surface area contributed by atoms with Crippen LogP contribution in [0.2, 0.25) is 5.02 Å². The van der Waals surface area contributed by atoms with Gasteiger partial charge in [0.2, 0.25) is 0 Å². The molecule has 1 unspecified atom stereocenters. The predicted octanol–water partition coefficient (Wildman–Crippen LogP) is 4.70. The number of hydrogen-bond acceptors (Lipinski definition) is 3. The molecule has 1 aromatic carbocycles. The second-order valence-corrected chi connectivity index (χ2v) is 7.31. The molecule has 142 valence electrons. The summed E-state index contributed by atoms with van der Waals surface area (Å²) in [6.45, 7) is 4.75. The molecule has 0 radical (unpaired) electrons. The Kier molecular flexibility index (Phi) is 6.11. The highest BCUT2D eigenvalue weighted by Crippen LogP contribution is 2.22. The highest BCUT2D eigenvalue weighted by Gasteiger charge is 2.27. The van der Waals surface area contributed by atoms with Crippen LogP contribution in [0.4, 0.5) is 5.69 Å². The first-order valence-corrected chi connectivity index (χ1v) is 9.72. The number of anilines is 1. The predicted molar refractivity (Wildman–Crippen MR) is 107 cm³/mol. The van der Waals surface area contributed by atoms with Crippen molar-refractivity contribution in [3.63, 3.8) is 0 Å². The summed E-state index contributed by atoms with van der Waals surface area (Å²) in [5.74, 6) is -0.397. The Morgan fingerprint density at radius 2 is 2.07 bits per heavy atom. The average molecular weight is 386 g/mol. The van der Waals surface area contributed by atoms with Crippen LogP contribution in [0.25, 0.3) is 0 Å². The molecule has 0 saturated carbocycles. The minimum Gasteiger partial charge on any atom is -0.334 e. The third kappa shape index (κ3) is 4.48. The molecule has 0 aliphatic carbocycles. The third-order valence-corrected chi connectivity index (χ3v) is 5.44. The van der Waals surface area contributed by atoms with Crippen molar-refractivity contribution in [1.82, 2.24) is 9.88 Å². The van der Waals surface area contributed by atoms with Gasteiger partial charge in [-0.3, -0.25) is 14.6 Å². The van der Waals surface area contributed by atoms with E-state index in [0.717, 1.165) is 37.8 Å². The summed E-state index contributed by atoms with van der Waals surface area (Å²) >= 11 is 6.11. The average Bonchev–Trinajstić information content (AvgIpc) is 2.70. The van der Waals surface area contributed by atoms with E-state index in [4.69, 9.17) is 11.6 Å². The maximum atomic E-state index is 12.9. The summed E-state index contributed by atoms with van der Waals surface area (Å²) in [5.41, 5.74) is 2.26. The van der Waals surface area contributed by atoms with Crippen molar-refractivity contribution in [3.8, 4) is 0 Å². The van der Waals surface area contributed by atoms with Crippen molar-refractivity contribution in [2.45, 2.75) is 45.6 Å². The zero-order valence-corrected chi connectivity index (χ0v) is 16.4. The molecule has 27 heavy (non-hydrogen) atoms. The fraction of sp³-hybridized carbons (Fsp3) is 0.381. The van der Waals surface area contributed by atoms with Crippen LogP contribution in [0.15, 0.2) is 36.5 Å². The van der Waals surface area contributed by atoms with E-state index in [9.17, 15) is 9.59 Å². The molecule has 0 spiro atoms. The van der Waals surface area contributed by atoms with Gasteiger partial charge in [-0.25, -0.2) is 0 Å². The first kappa shape index (κ1) is 19.4. The van der Waals surface area contributed by atoms with E-state index in [1.807, 2.05) is 17.9 Å². The molecule has 2 aromatic rings.